The fourth-order valence-electron chi connectivity index (χ4n) is 1.22. The Morgan fingerprint density at radius 3 is 2.64 bits per heavy atom. The van der Waals surface area contributed by atoms with Crippen LogP contribution in [0.2, 0.25) is 0 Å². The molecule has 0 aliphatic carbocycles. The lowest BCUT2D eigenvalue weighted by molar-refractivity contribution is 0.627. The Morgan fingerprint density at radius 1 is 1.43 bits per heavy atom. The van der Waals surface area contributed by atoms with Crippen LogP contribution in [0.25, 0.3) is 0 Å². The topological polar surface area (TPSA) is 29.4 Å². The Balaban J connectivity index is 2.43. The van der Waals surface area contributed by atoms with Crippen LogP contribution < -0.4 is 0 Å². The molecule has 0 amide bonds. The van der Waals surface area contributed by atoms with Gasteiger partial charge in [0.25, 0.3) is 0 Å². The second-order valence-corrected chi connectivity index (χ2v) is 6.62. The van der Waals surface area contributed by atoms with Crippen LogP contribution in [-0.2, 0) is 9.73 Å². The molecule has 1 aliphatic rings. The third kappa shape index (κ3) is 1.98. The molecule has 76 valence electrons. The first-order valence-electron chi connectivity index (χ1n) is 4.27. The number of rotatable bonds is 1. The first-order chi connectivity index (χ1) is 6.59. The lowest BCUT2D eigenvalue weighted by Crippen LogP contribution is -2.22. The van der Waals surface area contributed by atoms with E-state index in [0.717, 1.165) is 6.42 Å². The minimum atomic E-state index is -2.00. The Hall–Kier alpha value is -0.420. The average molecular weight is 278 g/mol. The van der Waals surface area contributed by atoms with Crippen LogP contribution in [0.4, 0.5) is 10.1 Å². The fraction of sp³-hybridized carbons (Fsp3) is 0.333. The summed E-state index contributed by atoms with van der Waals surface area (Å²) in [6, 6.07) is 4.20. The van der Waals surface area contributed by atoms with Crippen LogP contribution in [0.5, 0.6) is 0 Å². The maximum Gasteiger partial charge on any atom is 0.124 e. The number of hydrogen-bond acceptors (Lipinski definition) is 2. The molecule has 0 spiro atoms. The highest BCUT2D eigenvalue weighted by Gasteiger charge is 2.19. The Bertz CT molecular complexity index is 470. The maximum absolute atomic E-state index is 12.7. The molecule has 5 heteroatoms. The standard InChI is InChI=1S/C9H9BrFNOS/c10-8-6-7(11)2-3-9(8)12-14(13)4-1-5-14/h2-3,6H,1,4-5H2. The minimum absolute atomic E-state index is 0.320. The summed E-state index contributed by atoms with van der Waals surface area (Å²) in [6.07, 6.45) is 0.973. The molecule has 1 aromatic rings. The highest BCUT2D eigenvalue weighted by atomic mass is 79.9. The Labute approximate surface area is 90.8 Å². The molecule has 1 fully saturated rings. The Kier molecular flexibility index (Phi) is 2.62. The number of benzene rings is 1. The van der Waals surface area contributed by atoms with Crippen molar-refractivity contribution in [2.24, 2.45) is 4.36 Å². The van der Waals surface area contributed by atoms with Gasteiger partial charge in [-0.05, 0) is 40.5 Å². The molecule has 14 heavy (non-hydrogen) atoms. The summed E-state index contributed by atoms with van der Waals surface area (Å²) >= 11 is 3.19. The number of nitrogens with zero attached hydrogens (tertiary/aromatic N) is 1. The normalized spacial score (nSPS) is 18.7. The lowest BCUT2D eigenvalue weighted by atomic mass is 10.3. The Morgan fingerprint density at radius 2 is 2.14 bits per heavy atom. The van der Waals surface area contributed by atoms with E-state index in [0.29, 0.717) is 21.7 Å². The molecule has 0 unspecified atom stereocenters. The van der Waals surface area contributed by atoms with E-state index in [9.17, 15) is 8.60 Å². The van der Waals surface area contributed by atoms with Gasteiger partial charge >= 0.3 is 0 Å². The molecule has 1 aromatic carbocycles. The van der Waals surface area contributed by atoms with Crippen molar-refractivity contribution in [2.75, 3.05) is 11.5 Å². The van der Waals surface area contributed by atoms with Crippen LogP contribution in [-0.4, -0.2) is 15.7 Å². The summed E-state index contributed by atoms with van der Waals surface area (Å²) in [5, 5.41) is 0. The summed E-state index contributed by atoms with van der Waals surface area (Å²) in [6.45, 7) is 0. The van der Waals surface area contributed by atoms with Gasteiger partial charge in [0, 0.05) is 16.0 Å². The van der Waals surface area contributed by atoms with E-state index in [2.05, 4.69) is 20.3 Å². The van der Waals surface area contributed by atoms with Crippen molar-refractivity contribution in [1.29, 1.82) is 0 Å². The van der Waals surface area contributed by atoms with Crippen molar-refractivity contribution in [3.63, 3.8) is 0 Å². The van der Waals surface area contributed by atoms with Gasteiger partial charge < -0.3 is 0 Å². The van der Waals surface area contributed by atoms with Gasteiger partial charge in [-0.3, -0.25) is 0 Å². The second-order valence-electron chi connectivity index (χ2n) is 3.22. The van der Waals surface area contributed by atoms with Gasteiger partial charge in [0.1, 0.15) is 5.82 Å². The molecular formula is C9H9BrFNOS. The molecule has 1 saturated heterocycles. The number of hydrogen-bond donors (Lipinski definition) is 0. The van der Waals surface area contributed by atoms with Crippen LogP contribution in [0.1, 0.15) is 6.42 Å². The summed E-state index contributed by atoms with van der Waals surface area (Å²) in [4.78, 5) is 0. The van der Waals surface area contributed by atoms with Gasteiger partial charge in [0.05, 0.1) is 15.4 Å². The number of halogens is 2. The molecule has 0 atom stereocenters. The van der Waals surface area contributed by atoms with E-state index in [1.54, 1.807) is 6.07 Å². The predicted octanol–water partition coefficient (Wildman–Crippen LogP) is 3.09. The highest BCUT2D eigenvalue weighted by Crippen LogP contribution is 2.29. The molecule has 0 saturated carbocycles. The van der Waals surface area contributed by atoms with Crippen molar-refractivity contribution in [3.8, 4) is 0 Å². The van der Waals surface area contributed by atoms with Crippen molar-refractivity contribution in [2.45, 2.75) is 6.42 Å². The second kappa shape index (κ2) is 3.62. The first-order valence-corrected chi connectivity index (χ1v) is 6.91. The van der Waals surface area contributed by atoms with Gasteiger partial charge in [0.15, 0.2) is 0 Å². The molecule has 0 bridgehead atoms. The van der Waals surface area contributed by atoms with E-state index in [1.807, 2.05) is 0 Å². The SMILES string of the molecule is O=S1(=Nc2ccc(F)cc2Br)CCC1. The van der Waals surface area contributed by atoms with E-state index >= 15 is 0 Å². The third-order valence-electron chi connectivity index (χ3n) is 2.10. The molecule has 1 aliphatic heterocycles. The minimum Gasteiger partial charge on any atom is -0.249 e. The van der Waals surface area contributed by atoms with Gasteiger partial charge in [-0.1, -0.05) is 0 Å². The summed E-state index contributed by atoms with van der Waals surface area (Å²) in [5.74, 6) is 1.01. The van der Waals surface area contributed by atoms with Crippen molar-refractivity contribution in [1.82, 2.24) is 0 Å². The van der Waals surface area contributed by atoms with Crippen molar-refractivity contribution >= 4 is 31.3 Å². The van der Waals surface area contributed by atoms with Crippen LogP contribution in [0.15, 0.2) is 27.0 Å². The molecule has 2 nitrogen and oxygen atoms in total. The lowest BCUT2D eigenvalue weighted by Gasteiger charge is -2.18. The zero-order valence-electron chi connectivity index (χ0n) is 7.37. The monoisotopic (exact) mass is 277 g/mol. The van der Waals surface area contributed by atoms with E-state index in [-0.39, 0.29) is 5.82 Å². The van der Waals surface area contributed by atoms with E-state index < -0.39 is 9.73 Å². The molecule has 0 radical (unpaired) electrons. The molecular weight excluding hydrogens is 269 g/mol. The summed E-state index contributed by atoms with van der Waals surface area (Å²) in [5.41, 5.74) is 0.580. The molecule has 2 rings (SSSR count). The van der Waals surface area contributed by atoms with E-state index in [1.165, 1.54) is 12.1 Å². The molecule has 1 heterocycles. The maximum atomic E-state index is 12.7. The summed E-state index contributed by atoms with van der Waals surface area (Å²) in [7, 11) is -2.00. The van der Waals surface area contributed by atoms with Crippen molar-refractivity contribution in [3.05, 3.63) is 28.5 Å². The largest absolute Gasteiger partial charge is 0.249 e. The van der Waals surface area contributed by atoms with E-state index in [4.69, 9.17) is 0 Å². The first kappa shape index (κ1) is 10.1. The van der Waals surface area contributed by atoms with Gasteiger partial charge in [-0.15, -0.1) is 0 Å². The van der Waals surface area contributed by atoms with Crippen LogP contribution in [0.3, 0.4) is 0 Å². The molecule has 0 aromatic heterocycles. The summed E-state index contributed by atoms with van der Waals surface area (Å²) < 4.78 is 29.2. The van der Waals surface area contributed by atoms with Crippen LogP contribution >= 0.6 is 15.9 Å². The predicted molar refractivity (Wildman–Crippen MR) is 58.7 cm³/mol. The quantitative estimate of drug-likeness (QED) is 0.776. The highest BCUT2D eigenvalue weighted by molar-refractivity contribution is 9.10. The fourth-order valence-corrected chi connectivity index (χ4v) is 3.26. The smallest absolute Gasteiger partial charge is 0.124 e. The average Bonchev–Trinajstić information content (AvgIpc) is 2.07. The molecule has 0 N–H and O–H groups in total. The van der Waals surface area contributed by atoms with Gasteiger partial charge in [-0.25, -0.2) is 8.60 Å². The van der Waals surface area contributed by atoms with Gasteiger partial charge in [0.2, 0.25) is 0 Å². The van der Waals surface area contributed by atoms with Crippen molar-refractivity contribution < 1.29 is 8.60 Å². The third-order valence-corrected chi connectivity index (χ3v) is 5.12. The van der Waals surface area contributed by atoms with Gasteiger partial charge in [-0.2, -0.15) is 4.36 Å². The zero-order chi connectivity index (χ0) is 10.2. The van der Waals surface area contributed by atoms with Crippen LogP contribution in [0, 0.1) is 5.82 Å². The zero-order valence-corrected chi connectivity index (χ0v) is 9.78.